The molecular formula is C12H26O2. The average Bonchev–Trinajstić information content (AvgIpc) is 2.22. The van der Waals surface area contributed by atoms with Crippen LogP contribution in [-0.2, 0) is 9.47 Å². The summed E-state index contributed by atoms with van der Waals surface area (Å²) in [5.74, 6) is 1.26. The average molecular weight is 202 g/mol. The van der Waals surface area contributed by atoms with Gasteiger partial charge in [-0.05, 0) is 18.8 Å². The summed E-state index contributed by atoms with van der Waals surface area (Å²) < 4.78 is 11.1. The molecule has 0 N–H and O–H groups in total. The third kappa shape index (κ3) is 7.34. The van der Waals surface area contributed by atoms with Crippen LogP contribution < -0.4 is 0 Å². The molecule has 0 aromatic heterocycles. The number of hydrogen-bond donors (Lipinski definition) is 0. The van der Waals surface area contributed by atoms with E-state index in [-0.39, 0.29) is 6.29 Å². The van der Waals surface area contributed by atoms with Gasteiger partial charge in [0.25, 0.3) is 0 Å². The highest BCUT2D eigenvalue weighted by Gasteiger charge is 2.07. The van der Waals surface area contributed by atoms with Gasteiger partial charge in [-0.3, -0.25) is 0 Å². The third-order valence-electron chi connectivity index (χ3n) is 2.62. The van der Waals surface area contributed by atoms with Crippen molar-refractivity contribution in [3.63, 3.8) is 0 Å². The zero-order valence-electron chi connectivity index (χ0n) is 10.4. The number of rotatable bonds is 8. The molecule has 0 saturated heterocycles. The van der Waals surface area contributed by atoms with Crippen molar-refractivity contribution in [2.45, 2.75) is 53.8 Å². The Morgan fingerprint density at radius 1 is 0.786 bits per heavy atom. The molecule has 0 heterocycles. The zero-order valence-corrected chi connectivity index (χ0v) is 10.4. The molecule has 0 fully saturated rings. The van der Waals surface area contributed by atoms with Crippen LogP contribution in [0.2, 0.25) is 0 Å². The maximum absolute atomic E-state index is 5.57. The molecule has 0 saturated carbocycles. The maximum atomic E-state index is 5.57. The fourth-order valence-electron chi connectivity index (χ4n) is 0.883. The van der Waals surface area contributed by atoms with Gasteiger partial charge in [-0.1, -0.05) is 40.5 Å². The van der Waals surface area contributed by atoms with Crippen LogP contribution in [0.5, 0.6) is 0 Å². The zero-order chi connectivity index (χ0) is 11.0. The van der Waals surface area contributed by atoms with Crippen LogP contribution in [0.3, 0.4) is 0 Å². The lowest BCUT2D eigenvalue weighted by atomic mass is 10.1. The number of ether oxygens (including phenoxy) is 2. The predicted molar refractivity (Wildman–Crippen MR) is 60.3 cm³/mol. The second-order valence-electron chi connectivity index (χ2n) is 4.26. The normalized spacial score (nSPS) is 15.9. The topological polar surface area (TPSA) is 18.5 Å². The molecule has 0 rings (SSSR count). The Morgan fingerprint density at radius 2 is 1.14 bits per heavy atom. The summed E-state index contributed by atoms with van der Waals surface area (Å²) in [6.45, 7) is 12.3. The first kappa shape index (κ1) is 13.9. The SMILES string of the molecule is CC[C@H](C)COC(C)OC[C@@H](C)CC. The van der Waals surface area contributed by atoms with Gasteiger partial charge in [0.05, 0.1) is 13.2 Å². The summed E-state index contributed by atoms with van der Waals surface area (Å²) in [5, 5.41) is 0. The van der Waals surface area contributed by atoms with Gasteiger partial charge < -0.3 is 9.47 Å². The Kier molecular flexibility index (Phi) is 8.20. The first-order valence-corrected chi connectivity index (χ1v) is 5.83. The molecule has 0 radical (unpaired) electrons. The van der Waals surface area contributed by atoms with Crippen LogP contribution in [-0.4, -0.2) is 19.5 Å². The second kappa shape index (κ2) is 8.25. The van der Waals surface area contributed by atoms with E-state index in [1.54, 1.807) is 0 Å². The van der Waals surface area contributed by atoms with Crippen molar-refractivity contribution >= 4 is 0 Å². The Labute approximate surface area is 89.0 Å². The second-order valence-corrected chi connectivity index (χ2v) is 4.26. The molecule has 0 aromatic carbocycles. The predicted octanol–water partition coefficient (Wildman–Crippen LogP) is 3.46. The van der Waals surface area contributed by atoms with E-state index in [9.17, 15) is 0 Å². The highest BCUT2D eigenvalue weighted by atomic mass is 16.7. The van der Waals surface area contributed by atoms with Gasteiger partial charge in [0.2, 0.25) is 0 Å². The summed E-state index contributed by atoms with van der Waals surface area (Å²) >= 11 is 0. The highest BCUT2D eigenvalue weighted by molar-refractivity contribution is 4.49. The number of hydrogen-bond acceptors (Lipinski definition) is 2. The maximum Gasteiger partial charge on any atom is 0.154 e. The van der Waals surface area contributed by atoms with Crippen LogP contribution in [0.4, 0.5) is 0 Å². The Balaban J connectivity index is 3.40. The summed E-state index contributed by atoms with van der Waals surface area (Å²) in [6, 6.07) is 0. The van der Waals surface area contributed by atoms with Crippen LogP contribution in [0.15, 0.2) is 0 Å². The standard InChI is InChI=1S/C12H26O2/c1-6-10(3)8-13-12(5)14-9-11(4)7-2/h10-12H,6-9H2,1-5H3/t10-,11-/m0/s1. The van der Waals surface area contributed by atoms with Crippen LogP contribution in [0.1, 0.15) is 47.5 Å². The summed E-state index contributed by atoms with van der Waals surface area (Å²) in [4.78, 5) is 0. The van der Waals surface area contributed by atoms with E-state index in [4.69, 9.17) is 9.47 Å². The first-order valence-electron chi connectivity index (χ1n) is 5.83. The van der Waals surface area contributed by atoms with Gasteiger partial charge in [-0.25, -0.2) is 0 Å². The van der Waals surface area contributed by atoms with E-state index in [1.165, 1.54) is 0 Å². The Morgan fingerprint density at radius 3 is 1.43 bits per heavy atom. The summed E-state index contributed by atoms with van der Waals surface area (Å²) in [5.41, 5.74) is 0. The largest absolute Gasteiger partial charge is 0.353 e. The van der Waals surface area contributed by atoms with E-state index in [2.05, 4.69) is 27.7 Å². The molecule has 0 bridgehead atoms. The lowest BCUT2D eigenvalue weighted by molar-refractivity contribution is -0.144. The third-order valence-corrected chi connectivity index (χ3v) is 2.62. The van der Waals surface area contributed by atoms with Crippen molar-refractivity contribution in [2.24, 2.45) is 11.8 Å². The molecule has 0 unspecified atom stereocenters. The van der Waals surface area contributed by atoms with E-state index in [1.807, 2.05) is 6.92 Å². The molecule has 0 amide bonds. The van der Waals surface area contributed by atoms with Crippen molar-refractivity contribution < 1.29 is 9.47 Å². The van der Waals surface area contributed by atoms with Gasteiger partial charge in [-0.15, -0.1) is 0 Å². The Hall–Kier alpha value is -0.0800. The highest BCUT2D eigenvalue weighted by Crippen LogP contribution is 2.07. The molecule has 2 heteroatoms. The van der Waals surface area contributed by atoms with Crippen molar-refractivity contribution in [3.05, 3.63) is 0 Å². The molecular weight excluding hydrogens is 176 g/mol. The molecule has 14 heavy (non-hydrogen) atoms. The molecule has 0 aliphatic carbocycles. The van der Waals surface area contributed by atoms with Gasteiger partial charge in [0.1, 0.15) is 0 Å². The van der Waals surface area contributed by atoms with Crippen molar-refractivity contribution in [1.29, 1.82) is 0 Å². The lowest BCUT2D eigenvalue weighted by Crippen LogP contribution is -2.19. The minimum absolute atomic E-state index is 0.0574. The Bertz CT molecular complexity index is 111. The molecule has 0 spiro atoms. The van der Waals surface area contributed by atoms with Gasteiger partial charge in [0, 0.05) is 0 Å². The molecule has 86 valence electrons. The molecule has 0 aliphatic heterocycles. The molecule has 2 nitrogen and oxygen atoms in total. The first-order chi connectivity index (χ1) is 6.60. The lowest BCUT2D eigenvalue weighted by Gasteiger charge is -2.18. The fourth-order valence-corrected chi connectivity index (χ4v) is 0.883. The van der Waals surface area contributed by atoms with Crippen molar-refractivity contribution in [2.75, 3.05) is 13.2 Å². The van der Waals surface area contributed by atoms with Crippen LogP contribution >= 0.6 is 0 Å². The van der Waals surface area contributed by atoms with E-state index < -0.39 is 0 Å². The van der Waals surface area contributed by atoms with Crippen molar-refractivity contribution in [1.82, 2.24) is 0 Å². The van der Waals surface area contributed by atoms with Gasteiger partial charge >= 0.3 is 0 Å². The smallest absolute Gasteiger partial charge is 0.154 e. The van der Waals surface area contributed by atoms with E-state index in [0.717, 1.165) is 26.1 Å². The molecule has 2 atom stereocenters. The summed E-state index contributed by atoms with van der Waals surface area (Å²) in [6.07, 6.45) is 2.27. The molecule has 0 aromatic rings. The van der Waals surface area contributed by atoms with Gasteiger partial charge in [0.15, 0.2) is 6.29 Å². The monoisotopic (exact) mass is 202 g/mol. The molecule has 0 aliphatic rings. The van der Waals surface area contributed by atoms with Crippen LogP contribution in [0.25, 0.3) is 0 Å². The fraction of sp³-hybridized carbons (Fsp3) is 1.00. The summed E-state index contributed by atoms with van der Waals surface area (Å²) in [7, 11) is 0. The van der Waals surface area contributed by atoms with Gasteiger partial charge in [-0.2, -0.15) is 0 Å². The quantitative estimate of drug-likeness (QED) is 0.561. The minimum Gasteiger partial charge on any atom is -0.353 e. The minimum atomic E-state index is -0.0574. The van der Waals surface area contributed by atoms with Crippen LogP contribution in [0, 0.1) is 11.8 Å². The van der Waals surface area contributed by atoms with Crippen molar-refractivity contribution in [3.8, 4) is 0 Å². The van der Waals surface area contributed by atoms with E-state index in [0.29, 0.717) is 11.8 Å². The van der Waals surface area contributed by atoms with E-state index >= 15 is 0 Å².